The van der Waals surface area contributed by atoms with E-state index in [0.717, 1.165) is 22.4 Å². The topological polar surface area (TPSA) is 9.23 Å². The molecular weight excluding hydrogens is 215 g/mol. The molecule has 0 fully saturated rings. The number of methoxy groups -OCH3 is 1. The molecule has 2 aromatic carbocycles. The highest BCUT2D eigenvalue weighted by Crippen LogP contribution is 2.31. The third kappa shape index (κ3) is 2.36. The number of halogens is 1. The summed E-state index contributed by atoms with van der Waals surface area (Å²) in [6, 6.07) is 12.2. The molecule has 86 valence electrons. The Morgan fingerprint density at radius 3 is 2.65 bits per heavy atom. The predicted octanol–water partition coefficient (Wildman–Crippen LogP) is 4.14. The Morgan fingerprint density at radius 2 is 2.00 bits per heavy atom. The van der Waals surface area contributed by atoms with E-state index in [1.54, 1.807) is 19.3 Å². The largest absolute Gasteiger partial charge is 0.496 e. The van der Waals surface area contributed by atoms with Crippen LogP contribution in [0.3, 0.4) is 0 Å². The van der Waals surface area contributed by atoms with E-state index in [9.17, 15) is 4.39 Å². The van der Waals surface area contributed by atoms with Crippen molar-refractivity contribution in [3.63, 3.8) is 0 Å². The van der Waals surface area contributed by atoms with Crippen LogP contribution in [0.15, 0.2) is 49.0 Å². The average molecular weight is 228 g/mol. The van der Waals surface area contributed by atoms with Crippen molar-refractivity contribution >= 4 is 6.08 Å². The molecule has 0 aliphatic heterocycles. The molecule has 0 spiro atoms. The van der Waals surface area contributed by atoms with Crippen molar-refractivity contribution < 1.29 is 9.13 Å². The van der Waals surface area contributed by atoms with Crippen LogP contribution in [0.1, 0.15) is 5.56 Å². The van der Waals surface area contributed by atoms with Crippen molar-refractivity contribution in [3.8, 4) is 16.9 Å². The Labute approximate surface area is 100 Å². The summed E-state index contributed by atoms with van der Waals surface area (Å²) < 4.78 is 18.5. The van der Waals surface area contributed by atoms with E-state index < -0.39 is 0 Å². The Balaban J connectivity index is 2.59. The zero-order valence-electron chi connectivity index (χ0n) is 9.61. The van der Waals surface area contributed by atoms with Crippen LogP contribution in [0.4, 0.5) is 4.39 Å². The van der Waals surface area contributed by atoms with Gasteiger partial charge in [0.1, 0.15) is 11.6 Å². The molecule has 0 bridgehead atoms. The van der Waals surface area contributed by atoms with E-state index >= 15 is 0 Å². The van der Waals surface area contributed by atoms with Crippen LogP contribution >= 0.6 is 0 Å². The fourth-order valence-electron chi connectivity index (χ4n) is 1.73. The molecule has 2 aromatic rings. The minimum absolute atomic E-state index is 0.256. The van der Waals surface area contributed by atoms with Gasteiger partial charge in [0.05, 0.1) is 7.11 Å². The van der Waals surface area contributed by atoms with Crippen LogP contribution in [0.25, 0.3) is 17.2 Å². The van der Waals surface area contributed by atoms with Gasteiger partial charge in [-0.2, -0.15) is 0 Å². The molecule has 2 rings (SSSR count). The molecule has 0 aliphatic rings. The second kappa shape index (κ2) is 4.83. The molecule has 0 unspecified atom stereocenters. The second-order valence-electron chi connectivity index (χ2n) is 3.67. The SMILES string of the molecule is C=Cc1ccc(OC)c(-c2cccc(F)c2)c1. The molecule has 17 heavy (non-hydrogen) atoms. The third-order valence-electron chi connectivity index (χ3n) is 2.59. The van der Waals surface area contributed by atoms with Crippen molar-refractivity contribution in [2.75, 3.05) is 7.11 Å². The molecule has 1 nitrogen and oxygen atoms in total. The van der Waals surface area contributed by atoms with Gasteiger partial charge in [0.25, 0.3) is 0 Å². The van der Waals surface area contributed by atoms with Crippen LogP contribution in [0.5, 0.6) is 5.75 Å². The lowest BCUT2D eigenvalue weighted by Gasteiger charge is -2.09. The monoisotopic (exact) mass is 228 g/mol. The first-order chi connectivity index (χ1) is 8.24. The lowest BCUT2D eigenvalue weighted by atomic mass is 10.0. The Hall–Kier alpha value is -2.09. The fourth-order valence-corrected chi connectivity index (χ4v) is 1.73. The summed E-state index contributed by atoms with van der Waals surface area (Å²) in [5, 5.41) is 0. The van der Waals surface area contributed by atoms with Crippen molar-refractivity contribution in [2.24, 2.45) is 0 Å². The summed E-state index contributed by atoms with van der Waals surface area (Å²) in [4.78, 5) is 0. The van der Waals surface area contributed by atoms with Crippen LogP contribution in [0, 0.1) is 5.82 Å². The smallest absolute Gasteiger partial charge is 0.126 e. The van der Waals surface area contributed by atoms with E-state index in [-0.39, 0.29) is 5.82 Å². The Kier molecular flexibility index (Phi) is 3.24. The molecule has 0 heterocycles. The quantitative estimate of drug-likeness (QED) is 0.767. The van der Waals surface area contributed by atoms with Crippen LogP contribution < -0.4 is 4.74 Å². The Bertz CT molecular complexity index is 546. The molecule has 0 N–H and O–H groups in total. The van der Waals surface area contributed by atoms with E-state index in [0.29, 0.717) is 0 Å². The maximum Gasteiger partial charge on any atom is 0.126 e. The summed E-state index contributed by atoms with van der Waals surface area (Å²) in [6.07, 6.45) is 1.75. The van der Waals surface area contributed by atoms with Gasteiger partial charge in [0.2, 0.25) is 0 Å². The number of ether oxygens (including phenoxy) is 1. The van der Waals surface area contributed by atoms with Gasteiger partial charge in [-0.25, -0.2) is 4.39 Å². The zero-order valence-corrected chi connectivity index (χ0v) is 9.61. The van der Waals surface area contributed by atoms with Gasteiger partial charge >= 0.3 is 0 Å². The van der Waals surface area contributed by atoms with E-state index in [2.05, 4.69) is 6.58 Å². The van der Waals surface area contributed by atoms with Crippen molar-refractivity contribution in [2.45, 2.75) is 0 Å². The highest BCUT2D eigenvalue weighted by atomic mass is 19.1. The molecule has 0 amide bonds. The fraction of sp³-hybridized carbons (Fsp3) is 0.0667. The highest BCUT2D eigenvalue weighted by molar-refractivity contribution is 5.73. The number of benzene rings is 2. The van der Waals surface area contributed by atoms with E-state index in [1.165, 1.54) is 12.1 Å². The first kappa shape index (κ1) is 11.4. The summed E-state index contributed by atoms with van der Waals surface area (Å²) in [7, 11) is 1.60. The van der Waals surface area contributed by atoms with Crippen molar-refractivity contribution in [1.29, 1.82) is 0 Å². The zero-order chi connectivity index (χ0) is 12.3. The first-order valence-corrected chi connectivity index (χ1v) is 5.31. The molecular formula is C15H13FO. The van der Waals surface area contributed by atoms with Gasteiger partial charge in [-0.15, -0.1) is 0 Å². The molecule has 2 heteroatoms. The van der Waals surface area contributed by atoms with Crippen LogP contribution in [-0.4, -0.2) is 7.11 Å². The van der Waals surface area contributed by atoms with Crippen LogP contribution in [-0.2, 0) is 0 Å². The second-order valence-corrected chi connectivity index (χ2v) is 3.67. The normalized spacial score (nSPS) is 10.0. The van der Waals surface area contributed by atoms with E-state index in [4.69, 9.17) is 4.74 Å². The molecule has 0 atom stereocenters. The van der Waals surface area contributed by atoms with Crippen LogP contribution in [0.2, 0.25) is 0 Å². The summed E-state index contributed by atoms with van der Waals surface area (Å²) in [6.45, 7) is 3.72. The van der Waals surface area contributed by atoms with Gasteiger partial charge in [0, 0.05) is 5.56 Å². The summed E-state index contributed by atoms with van der Waals surface area (Å²) in [5.74, 6) is 0.467. The molecule has 0 saturated heterocycles. The van der Waals surface area contributed by atoms with Gasteiger partial charge in [-0.3, -0.25) is 0 Å². The lowest BCUT2D eigenvalue weighted by Crippen LogP contribution is -1.89. The van der Waals surface area contributed by atoms with Gasteiger partial charge in [0.15, 0.2) is 0 Å². The number of hydrogen-bond donors (Lipinski definition) is 0. The predicted molar refractivity (Wildman–Crippen MR) is 68.5 cm³/mol. The minimum atomic E-state index is -0.256. The first-order valence-electron chi connectivity index (χ1n) is 5.31. The Morgan fingerprint density at radius 1 is 1.18 bits per heavy atom. The minimum Gasteiger partial charge on any atom is -0.496 e. The maximum absolute atomic E-state index is 13.2. The molecule has 0 aliphatic carbocycles. The molecule has 0 saturated carbocycles. The lowest BCUT2D eigenvalue weighted by molar-refractivity contribution is 0.416. The summed E-state index contributed by atoms with van der Waals surface area (Å²) >= 11 is 0. The highest BCUT2D eigenvalue weighted by Gasteiger charge is 2.06. The average Bonchev–Trinajstić information content (AvgIpc) is 2.38. The maximum atomic E-state index is 13.2. The third-order valence-corrected chi connectivity index (χ3v) is 2.59. The standard InChI is InChI=1S/C15H13FO/c1-3-11-7-8-15(17-2)14(9-11)12-5-4-6-13(16)10-12/h3-10H,1H2,2H3. The number of hydrogen-bond acceptors (Lipinski definition) is 1. The van der Waals surface area contributed by atoms with Gasteiger partial charge in [-0.05, 0) is 35.4 Å². The van der Waals surface area contributed by atoms with Gasteiger partial charge < -0.3 is 4.74 Å². The van der Waals surface area contributed by atoms with Crippen molar-refractivity contribution in [3.05, 3.63) is 60.4 Å². The number of rotatable bonds is 3. The van der Waals surface area contributed by atoms with E-state index in [1.807, 2.05) is 24.3 Å². The molecule has 0 aromatic heterocycles. The molecule has 0 radical (unpaired) electrons. The van der Waals surface area contributed by atoms with Gasteiger partial charge in [-0.1, -0.05) is 30.9 Å². The summed E-state index contributed by atoms with van der Waals surface area (Å²) in [5.41, 5.74) is 2.64. The van der Waals surface area contributed by atoms with Crippen molar-refractivity contribution in [1.82, 2.24) is 0 Å².